The number of hydrogen-bond donors (Lipinski definition) is 0. The Morgan fingerprint density at radius 2 is 2.15 bits per heavy atom. The van der Waals surface area contributed by atoms with Crippen molar-refractivity contribution in [2.45, 2.75) is 18.9 Å². The van der Waals surface area contributed by atoms with Crippen molar-refractivity contribution in [3.63, 3.8) is 0 Å². The molecule has 1 saturated heterocycles. The van der Waals surface area contributed by atoms with Gasteiger partial charge >= 0.3 is 0 Å². The normalized spacial score (nSPS) is 23.7. The van der Waals surface area contributed by atoms with E-state index in [4.69, 9.17) is 0 Å². The first kappa shape index (κ1) is 9.22. The summed E-state index contributed by atoms with van der Waals surface area (Å²) in [5.74, 6) is 0. The molecule has 0 bridgehead atoms. The molecule has 0 amide bonds. The summed E-state index contributed by atoms with van der Waals surface area (Å²) in [5, 5.41) is 0. The molecular weight excluding hydrogens is 226 g/mol. The Morgan fingerprint density at radius 3 is 2.77 bits per heavy atom. The van der Waals surface area contributed by atoms with Gasteiger partial charge in [0.05, 0.1) is 0 Å². The molecule has 1 aliphatic heterocycles. The van der Waals surface area contributed by atoms with Crippen molar-refractivity contribution >= 4 is 15.9 Å². The van der Waals surface area contributed by atoms with Gasteiger partial charge in [0, 0.05) is 10.5 Å². The van der Waals surface area contributed by atoms with Crippen LogP contribution >= 0.6 is 15.9 Å². The highest BCUT2D eigenvalue weighted by atomic mass is 79.9. The van der Waals surface area contributed by atoms with E-state index < -0.39 is 0 Å². The van der Waals surface area contributed by atoms with Crippen molar-refractivity contribution in [1.82, 2.24) is 4.90 Å². The molecule has 1 aliphatic rings. The van der Waals surface area contributed by atoms with Crippen LogP contribution in [0.15, 0.2) is 28.7 Å². The van der Waals surface area contributed by atoms with Gasteiger partial charge in [0.1, 0.15) is 0 Å². The molecule has 2 heteroatoms. The number of hydrogen-bond acceptors (Lipinski definition) is 1. The van der Waals surface area contributed by atoms with Crippen LogP contribution in [0.3, 0.4) is 0 Å². The summed E-state index contributed by atoms with van der Waals surface area (Å²) in [5.41, 5.74) is 1.43. The van der Waals surface area contributed by atoms with Crippen LogP contribution in [0.4, 0.5) is 0 Å². The number of likely N-dealkylation sites (tertiary alicyclic amines) is 1. The van der Waals surface area contributed by atoms with Gasteiger partial charge in [-0.1, -0.05) is 34.1 Å². The minimum Gasteiger partial charge on any atom is -0.299 e. The molecule has 1 unspecified atom stereocenters. The van der Waals surface area contributed by atoms with Crippen molar-refractivity contribution in [2.75, 3.05) is 13.6 Å². The van der Waals surface area contributed by atoms with E-state index in [1.807, 2.05) is 0 Å². The van der Waals surface area contributed by atoms with Crippen LogP contribution < -0.4 is 0 Å². The van der Waals surface area contributed by atoms with E-state index in [1.54, 1.807) is 0 Å². The van der Waals surface area contributed by atoms with Crippen molar-refractivity contribution in [3.8, 4) is 0 Å². The second-order valence-corrected chi connectivity index (χ2v) is 4.51. The fourth-order valence-electron chi connectivity index (χ4n) is 2.05. The predicted octanol–water partition coefficient (Wildman–Crippen LogP) is 3.22. The molecule has 1 atom stereocenters. The summed E-state index contributed by atoms with van der Waals surface area (Å²) < 4.78 is 1.24. The van der Waals surface area contributed by atoms with Crippen molar-refractivity contribution in [1.29, 1.82) is 0 Å². The van der Waals surface area contributed by atoms with Gasteiger partial charge in [-0.05, 0) is 38.1 Å². The molecule has 0 spiro atoms. The van der Waals surface area contributed by atoms with Crippen molar-refractivity contribution in [3.05, 3.63) is 34.3 Å². The van der Waals surface area contributed by atoms with E-state index in [2.05, 4.69) is 52.1 Å². The Labute approximate surface area is 87.9 Å². The van der Waals surface area contributed by atoms with Gasteiger partial charge in [0.25, 0.3) is 0 Å². The highest BCUT2D eigenvalue weighted by Crippen LogP contribution is 2.34. The van der Waals surface area contributed by atoms with Crippen molar-refractivity contribution in [2.24, 2.45) is 0 Å². The lowest BCUT2D eigenvalue weighted by Gasteiger charge is -2.20. The molecule has 0 radical (unpaired) electrons. The van der Waals surface area contributed by atoms with Crippen molar-refractivity contribution < 1.29 is 0 Å². The Bertz CT molecular complexity index is 298. The fraction of sp³-hybridized carbons (Fsp3) is 0.455. The van der Waals surface area contributed by atoms with Crippen LogP contribution in [0.25, 0.3) is 0 Å². The third kappa shape index (κ3) is 1.79. The predicted molar refractivity (Wildman–Crippen MR) is 58.7 cm³/mol. The summed E-state index contributed by atoms with van der Waals surface area (Å²) in [6.45, 7) is 1.23. The molecule has 1 aromatic carbocycles. The minimum absolute atomic E-state index is 0.621. The molecule has 2 rings (SSSR count). The topological polar surface area (TPSA) is 3.24 Å². The molecule has 1 fully saturated rings. The summed E-state index contributed by atoms with van der Waals surface area (Å²) in [7, 11) is 2.21. The maximum absolute atomic E-state index is 3.61. The highest BCUT2D eigenvalue weighted by Gasteiger charge is 2.23. The molecule has 0 saturated carbocycles. The Hall–Kier alpha value is -0.340. The van der Waals surface area contributed by atoms with Gasteiger partial charge in [-0.3, -0.25) is 4.90 Å². The summed E-state index contributed by atoms with van der Waals surface area (Å²) >= 11 is 3.61. The zero-order chi connectivity index (χ0) is 9.26. The molecule has 0 N–H and O–H groups in total. The maximum atomic E-state index is 3.61. The Kier molecular flexibility index (Phi) is 2.70. The van der Waals surface area contributed by atoms with Gasteiger partial charge in [0.2, 0.25) is 0 Å². The zero-order valence-corrected chi connectivity index (χ0v) is 9.42. The second-order valence-electron chi connectivity index (χ2n) is 3.66. The molecule has 1 aromatic rings. The van der Waals surface area contributed by atoms with Gasteiger partial charge in [-0.2, -0.15) is 0 Å². The lowest BCUT2D eigenvalue weighted by molar-refractivity contribution is 0.316. The molecule has 1 nitrogen and oxygen atoms in total. The Balaban J connectivity index is 2.29. The van der Waals surface area contributed by atoms with Gasteiger partial charge in [0.15, 0.2) is 0 Å². The van der Waals surface area contributed by atoms with E-state index in [-0.39, 0.29) is 0 Å². The number of rotatable bonds is 1. The average Bonchev–Trinajstić information content (AvgIpc) is 2.52. The van der Waals surface area contributed by atoms with Crippen LogP contribution in [0.1, 0.15) is 24.4 Å². The second kappa shape index (κ2) is 3.81. The first-order valence-corrected chi connectivity index (χ1v) is 5.53. The fourth-order valence-corrected chi connectivity index (χ4v) is 2.60. The zero-order valence-electron chi connectivity index (χ0n) is 7.83. The van der Waals surface area contributed by atoms with E-state index in [0.717, 1.165) is 0 Å². The smallest absolute Gasteiger partial charge is 0.0356 e. The summed E-state index contributed by atoms with van der Waals surface area (Å²) in [6, 6.07) is 9.16. The van der Waals surface area contributed by atoms with E-state index in [1.165, 1.54) is 29.4 Å². The largest absolute Gasteiger partial charge is 0.299 e. The first-order valence-electron chi connectivity index (χ1n) is 4.73. The van der Waals surface area contributed by atoms with Crippen LogP contribution in [0.2, 0.25) is 0 Å². The van der Waals surface area contributed by atoms with E-state index in [9.17, 15) is 0 Å². The summed E-state index contributed by atoms with van der Waals surface area (Å²) in [6.07, 6.45) is 2.61. The number of benzene rings is 1. The van der Waals surface area contributed by atoms with Crippen LogP contribution in [-0.4, -0.2) is 18.5 Å². The standard InChI is InChI=1S/C11H14BrN/c1-13-8-4-7-11(13)9-5-2-3-6-10(9)12/h2-3,5-6,11H,4,7-8H2,1H3. The third-order valence-corrected chi connectivity index (χ3v) is 3.51. The lowest BCUT2D eigenvalue weighted by Crippen LogP contribution is -2.17. The maximum Gasteiger partial charge on any atom is 0.0356 e. The van der Waals surface area contributed by atoms with Gasteiger partial charge in [-0.15, -0.1) is 0 Å². The molecule has 0 aliphatic carbocycles. The monoisotopic (exact) mass is 239 g/mol. The first-order chi connectivity index (χ1) is 6.29. The molecule has 1 heterocycles. The Morgan fingerprint density at radius 1 is 1.38 bits per heavy atom. The van der Waals surface area contributed by atoms with Gasteiger partial charge < -0.3 is 0 Å². The number of nitrogens with zero attached hydrogens (tertiary/aromatic N) is 1. The number of halogens is 1. The molecule has 70 valence electrons. The minimum atomic E-state index is 0.621. The van der Waals surface area contributed by atoms with E-state index in [0.29, 0.717) is 6.04 Å². The molecular formula is C11H14BrN. The van der Waals surface area contributed by atoms with Crippen LogP contribution in [0, 0.1) is 0 Å². The molecule has 0 aromatic heterocycles. The SMILES string of the molecule is CN1CCCC1c1ccccc1Br. The third-order valence-electron chi connectivity index (χ3n) is 2.78. The molecule has 13 heavy (non-hydrogen) atoms. The van der Waals surface area contributed by atoms with Crippen LogP contribution in [0.5, 0.6) is 0 Å². The summed E-state index contributed by atoms with van der Waals surface area (Å²) in [4.78, 5) is 2.43. The quantitative estimate of drug-likeness (QED) is 0.728. The average molecular weight is 240 g/mol. The van der Waals surface area contributed by atoms with Crippen LogP contribution in [-0.2, 0) is 0 Å². The van der Waals surface area contributed by atoms with E-state index >= 15 is 0 Å². The van der Waals surface area contributed by atoms with Gasteiger partial charge in [-0.25, -0.2) is 0 Å². The lowest BCUT2D eigenvalue weighted by atomic mass is 10.1. The highest BCUT2D eigenvalue weighted by molar-refractivity contribution is 9.10.